The van der Waals surface area contributed by atoms with Crippen LogP contribution in [0.2, 0.25) is 0 Å². The van der Waals surface area contributed by atoms with E-state index in [1.807, 2.05) is 0 Å². The zero-order valence-corrected chi connectivity index (χ0v) is 5.39. The third kappa shape index (κ3) is 7.05. The number of carboxylic acid groups (broad SMARTS) is 1. The molecule has 0 saturated carbocycles. The van der Waals surface area contributed by atoms with Crippen molar-refractivity contribution < 1.29 is 9.90 Å². The van der Waals surface area contributed by atoms with Crippen molar-refractivity contribution in [1.82, 2.24) is 0 Å². The van der Waals surface area contributed by atoms with Crippen LogP contribution in [0.25, 0.3) is 0 Å². The molecule has 0 radical (unpaired) electrons. The number of rotatable bonds is 3. The molecule has 0 unspecified atom stereocenters. The van der Waals surface area contributed by atoms with Gasteiger partial charge in [-0.05, 0) is 17.2 Å². The first kappa shape index (κ1) is 8.05. The second-order valence-corrected chi connectivity index (χ2v) is 1.87. The smallest absolute Gasteiger partial charge is 0.307 e. The molecule has 0 aliphatic heterocycles. The monoisotopic (exact) mass is 143 g/mol. The number of thiocyanates is 1. The second kappa shape index (κ2) is 5.19. The highest BCUT2D eigenvalue weighted by Gasteiger charge is 1.87. The van der Waals surface area contributed by atoms with Gasteiger partial charge in [0.1, 0.15) is 5.40 Å². The van der Waals surface area contributed by atoms with Crippen LogP contribution in [0.4, 0.5) is 0 Å². The summed E-state index contributed by atoms with van der Waals surface area (Å²) in [5.74, 6) is -0.884. The number of carboxylic acids is 1. The number of thioether (sulfide) groups is 1. The van der Waals surface area contributed by atoms with E-state index in [0.717, 1.165) is 11.8 Å². The molecule has 0 bridgehead atoms. The molecule has 0 aromatic carbocycles. The maximum atomic E-state index is 9.82. The lowest BCUT2D eigenvalue weighted by Crippen LogP contribution is -1.88. The molecule has 0 aromatic heterocycles. The Balaban J connectivity index is 3.28. The molecule has 3 nitrogen and oxygen atoms in total. The SMILES string of the molecule is N#CSC=CCC(=O)O. The molecule has 4 heteroatoms. The van der Waals surface area contributed by atoms with Crippen LogP contribution in [-0.4, -0.2) is 11.1 Å². The van der Waals surface area contributed by atoms with Crippen molar-refractivity contribution in [1.29, 1.82) is 5.26 Å². The van der Waals surface area contributed by atoms with Crippen LogP contribution < -0.4 is 0 Å². The van der Waals surface area contributed by atoms with Crippen LogP contribution in [0.15, 0.2) is 11.5 Å². The van der Waals surface area contributed by atoms with Crippen LogP contribution in [0, 0.1) is 10.7 Å². The lowest BCUT2D eigenvalue weighted by molar-refractivity contribution is -0.135. The van der Waals surface area contributed by atoms with Crippen LogP contribution >= 0.6 is 11.8 Å². The Morgan fingerprint density at radius 2 is 2.56 bits per heavy atom. The Bertz CT molecular complexity index is 159. The highest BCUT2D eigenvalue weighted by molar-refractivity contribution is 8.06. The predicted molar refractivity (Wildman–Crippen MR) is 34.6 cm³/mol. The van der Waals surface area contributed by atoms with Crippen LogP contribution in [0.1, 0.15) is 6.42 Å². The highest BCUT2D eigenvalue weighted by Crippen LogP contribution is 1.97. The Labute approximate surface area is 57.0 Å². The maximum absolute atomic E-state index is 9.82. The van der Waals surface area contributed by atoms with Crippen molar-refractivity contribution >= 4 is 17.7 Å². The molecule has 0 aliphatic carbocycles. The lowest BCUT2D eigenvalue weighted by Gasteiger charge is -1.78. The first-order valence-electron chi connectivity index (χ1n) is 2.19. The summed E-state index contributed by atoms with van der Waals surface area (Å²) in [4.78, 5) is 9.82. The first-order valence-corrected chi connectivity index (χ1v) is 3.07. The van der Waals surface area contributed by atoms with Gasteiger partial charge in [-0.1, -0.05) is 6.08 Å². The average Bonchev–Trinajstić information content (AvgIpc) is 1.80. The van der Waals surface area contributed by atoms with Gasteiger partial charge in [0.25, 0.3) is 0 Å². The number of hydrogen-bond acceptors (Lipinski definition) is 3. The van der Waals surface area contributed by atoms with Gasteiger partial charge in [-0.25, -0.2) is 0 Å². The quantitative estimate of drug-likeness (QED) is 0.603. The average molecular weight is 143 g/mol. The molecule has 0 fully saturated rings. The van der Waals surface area contributed by atoms with Crippen molar-refractivity contribution in [2.24, 2.45) is 0 Å². The molecule has 0 aromatic rings. The summed E-state index contributed by atoms with van der Waals surface area (Å²) in [6.07, 6.45) is 1.41. The summed E-state index contributed by atoms with van der Waals surface area (Å²) < 4.78 is 0. The van der Waals surface area contributed by atoms with Gasteiger partial charge in [-0.3, -0.25) is 4.79 Å². The Morgan fingerprint density at radius 3 is 3.00 bits per heavy atom. The number of nitrogens with zero attached hydrogens (tertiary/aromatic N) is 1. The molecule has 1 N–H and O–H groups in total. The molecule has 0 saturated heterocycles. The van der Waals surface area contributed by atoms with Crippen LogP contribution in [0.3, 0.4) is 0 Å². The van der Waals surface area contributed by atoms with E-state index in [9.17, 15) is 4.79 Å². The third-order valence-electron chi connectivity index (χ3n) is 0.509. The van der Waals surface area contributed by atoms with Gasteiger partial charge in [0, 0.05) is 0 Å². The summed E-state index contributed by atoms with van der Waals surface area (Å²) in [5, 5.41) is 19.2. The summed E-state index contributed by atoms with van der Waals surface area (Å²) in [5.41, 5.74) is 0. The van der Waals surface area contributed by atoms with E-state index < -0.39 is 5.97 Å². The molecular formula is C5H5NO2S. The molecular weight excluding hydrogens is 138 g/mol. The first-order chi connectivity index (χ1) is 4.27. The molecule has 0 aliphatic rings. The van der Waals surface area contributed by atoms with E-state index in [0.29, 0.717) is 0 Å². The van der Waals surface area contributed by atoms with E-state index >= 15 is 0 Å². The van der Waals surface area contributed by atoms with Gasteiger partial charge < -0.3 is 5.11 Å². The molecule has 0 amide bonds. The predicted octanol–water partition coefficient (Wildman–Crippen LogP) is 1.19. The van der Waals surface area contributed by atoms with E-state index in [-0.39, 0.29) is 6.42 Å². The lowest BCUT2D eigenvalue weighted by atomic mass is 10.4. The minimum absolute atomic E-state index is 0.0192. The second-order valence-electron chi connectivity index (χ2n) is 1.18. The zero-order valence-electron chi connectivity index (χ0n) is 4.57. The fourth-order valence-corrected chi connectivity index (χ4v) is 0.481. The molecule has 0 atom stereocenters. The molecule has 0 heterocycles. The maximum Gasteiger partial charge on any atom is 0.307 e. The van der Waals surface area contributed by atoms with Gasteiger partial charge in [-0.15, -0.1) is 0 Å². The summed E-state index contributed by atoms with van der Waals surface area (Å²) in [6, 6.07) is 0. The zero-order chi connectivity index (χ0) is 7.11. The van der Waals surface area contributed by atoms with Crippen molar-refractivity contribution in [2.75, 3.05) is 0 Å². The third-order valence-corrected chi connectivity index (χ3v) is 0.943. The summed E-state index contributed by atoms with van der Waals surface area (Å²) >= 11 is 0.912. The van der Waals surface area contributed by atoms with Crippen LogP contribution in [0.5, 0.6) is 0 Å². The van der Waals surface area contributed by atoms with Crippen molar-refractivity contribution in [3.8, 4) is 5.40 Å². The Hall–Kier alpha value is -0.950. The number of carbonyl (C=O) groups is 1. The Morgan fingerprint density at radius 1 is 1.89 bits per heavy atom. The molecule has 9 heavy (non-hydrogen) atoms. The summed E-state index contributed by atoms with van der Waals surface area (Å²) in [6.45, 7) is 0. The van der Waals surface area contributed by atoms with E-state index in [2.05, 4.69) is 0 Å². The normalized spacial score (nSPS) is 9.22. The van der Waals surface area contributed by atoms with Crippen molar-refractivity contribution in [3.05, 3.63) is 11.5 Å². The van der Waals surface area contributed by atoms with Crippen LogP contribution in [-0.2, 0) is 4.79 Å². The minimum Gasteiger partial charge on any atom is -0.481 e. The van der Waals surface area contributed by atoms with Crippen molar-refractivity contribution in [3.63, 3.8) is 0 Å². The number of hydrogen-bond donors (Lipinski definition) is 1. The highest BCUT2D eigenvalue weighted by atomic mass is 32.2. The van der Waals surface area contributed by atoms with Gasteiger partial charge in [-0.2, -0.15) is 5.26 Å². The topological polar surface area (TPSA) is 61.1 Å². The van der Waals surface area contributed by atoms with Gasteiger partial charge in [0.05, 0.1) is 6.42 Å². The van der Waals surface area contributed by atoms with E-state index in [1.165, 1.54) is 11.5 Å². The molecule has 0 rings (SSSR count). The van der Waals surface area contributed by atoms with Gasteiger partial charge in [0.15, 0.2) is 0 Å². The number of nitriles is 1. The summed E-state index contributed by atoms with van der Waals surface area (Å²) in [7, 11) is 0. The standard InChI is InChI=1S/C5H5NO2S/c6-4-9-3-1-2-5(7)8/h1,3H,2H2,(H,7,8). The fraction of sp³-hybridized carbons (Fsp3) is 0.200. The largest absolute Gasteiger partial charge is 0.481 e. The van der Waals surface area contributed by atoms with Gasteiger partial charge in [0.2, 0.25) is 0 Å². The number of aliphatic carboxylic acids is 1. The molecule has 48 valence electrons. The van der Waals surface area contributed by atoms with Crippen molar-refractivity contribution in [2.45, 2.75) is 6.42 Å². The minimum atomic E-state index is -0.884. The molecule has 0 spiro atoms. The van der Waals surface area contributed by atoms with E-state index in [4.69, 9.17) is 10.4 Å². The Kier molecular flexibility index (Phi) is 4.64. The van der Waals surface area contributed by atoms with E-state index in [1.54, 1.807) is 5.40 Å². The van der Waals surface area contributed by atoms with Gasteiger partial charge >= 0.3 is 5.97 Å². The fourth-order valence-electron chi connectivity index (χ4n) is 0.227.